The Bertz CT molecular complexity index is 1530. The number of carbonyl (C=O) groups is 2. The van der Waals surface area contributed by atoms with Crippen LogP contribution in [0, 0.1) is 16.0 Å². The number of carbonyl (C=O) groups excluding carboxylic acids is 2. The van der Waals surface area contributed by atoms with Gasteiger partial charge >= 0.3 is 0 Å². The zero-order chi connectivity index (χ0) is 30.8. The molecule has 0 aliphatic rings. The van der Waals surface area contributed by atoms with E-state index in [2.05, 4.69) is 18.4 Å². The second kappa shape index (κ2) is 14.8. The Morgan fingerprint density at radius 1 is 0.884 bits per heavy atom. The van der Waals surface area contributed by atoms with Crippen molar-refractivity contribution in [2.75, 3.05) is 20.2 Å². The van der Waals surface area contributed by atoms with Gasteiger partial charge in [0.1, 0.15) is 12.3 Å². The molecular weight excluding hydrogens is 544 g/mol. The summed E-state index contributed by atoms with van der Waals surface area (Å²) in [5, 5.41) is 11.3. The molecular formula is C34H38N4O5. The van der Waals surface area contributed by atoms with Gasteiger partial charge in [0.15, 0.2) is 0 Å². The lowest BCUT2D eigenvalue weighted by molar-refractivity contribution is -0.384. The summed E-state index contributed by atoms with van der Waals surface area (Å²) in [6.45, 7) is 5.64. The predicted octanol–water partition coefficient (Wildman–Crippen LogP) is 6.17. The number of benzene rings is 3. The van der Waals surface area contributed by atoms with Crippen LogP contribution in [-0.4, -0.2) is 51.3 Å². The quantitative estimate of drug-likeness (QED) is 0.131. The molecule has 0 saturated heterocycles. The number of rotatable bonds is 14. The Balaban J connectivity index is 1.59. The third-order valence-electron chi connectivity index (χ3n) is 7.23. The number of aromatic nitrogens is 1. The van der Waals surface area contributed by atoms with Gasteiger partial charge in [-0.25, -0.2) is 0 Å². The molecule has 0 spiro atoms. The van der Waals surface area contributed by atoms with Crippen molar-refractivity contribution < 1.29 is 19.2 Å². The molecule has 1 heterocycles. The van der Waals surface area contributed by atoms with Crippen LogP contribution >= 0.6 is 0 Å². The molecule has 4 aromatic rings. The molecule has 43 heavy (non-hydrogen) atoms. The number of nitrogens with zero attached hydrogens (tertiary/aromatic N) is 4. The third kappa shape index (κ3) is 8.78. The SMILES string of the molecule is COc1cccc(Cn2cccc2CN(Cc2ccccc2)C(=O)CN(CCC(C)C)C(=O)c2cccc([N+](=O)[O-])c2)c1. The molecule has 2 amide bonds. The number of amides is 2. The summed E-state index contributed by atoms with van der Waals surface area (Å²) in [4.78, 5) is 41.7. The monoisotopic (exact) mass is 582 g/mol. The van der Waals surface area contributed by atoms with E-state index in [9.17, 15) is 19.7 Å². The van der Waals surface area contributed by atoms with Gasteiger partial charge in [0, 0.05) is 49.2 Å². The molecule has 0 bridgehead atoms. The smallest absolute Gasteiger partial charge is 0.270 e. The molecule has 0 radical (unpaired) electrons. The summed E-state index contributed by atoms with van der Waals surface area (Å²) in [5.41, 5.74) is 3.02. The molecule has 0 atom stereocenters. The molecule has 0 aliphatic heterocycles. The van der Waals surface area contributed by atoms with Gasteiger partial charge in [-0.3, -0.25) is 19.7 Å². The van der Waals surface area contributed by atoms with Crippen LogP contribution in [-0.2, 0) is 24.4 Å². The lowest BCUT2D eigenvalue weighted by Gasteiger charge is -2.29. The van der Waals surface area contributed by atoms with Crippen LogP contribution in [0.15, 0.2) is 97.2 Å². The minimum Gasteiger partial charge on any atom is -0.497 e. The highest BCUT2D eigenvalue weighted by atomic mass is 16.6. The number of hydrogen-bond donors (Lipinski definition) is 0. The molecule has 224 valence electrons. The van der Waals surface area contributed by atoms with E-state index in [-0.39, 0.29) is 23.7 Å². The van der Waals surface area contributed by atoms with Gasteiger partial charge in [-0.05, 0) is 53.8 Å². The van der Waals surface area contributed by atoms with Crippen molar-refractivity contribution in [2.45, 2.75) is 39.9 Å². The van der Waals surface area contributed by atoms with E-state index < -0.39 is 10.8 Å². The first-order valence-electron chi connectivity index (χ1n) is 14.4. The highest BCUT2D eigenvalue weighted by molar-refractivity contribution is 5.97. The number of hydrogen-bond acceptors (Lipinski definition) is 5. The molecule has 4 rings (SSSR count). The average Bonchev–Trinajstić information content (AvgIpc) is 3.45. The topological polar surface area (TPSA) is 97.9 Å². The number of nitro groups is 1. The van der Waals surface area contributed by atoms with Crippen LogP contribution < -0.4 is 4.74 Å². The highest BCUT2D eigenvalue weighted by Crippen LogP contribution is 2.19. The number of non-ortho nitro benzene ring substituents is 1. The van der Waals surface area contributed by atoms with Crippen molar-refractivity contribution >= 4 is 17.5 Å². The standard InChI is InChI=1S/C34H38N4O5/c1-26(2)17-19-36(34(40)29-13-8-14-30(21-29)38(41)42)25-33(39)37(22-27-10-5-4-6-11-27)24-31-15-9-18-35(31)23-28-12-7-16-32(20-28)43-3/h4-16,18,20-21,26H,17,19,22-25H2,1-3H3. The Labute approximate surface area is 252 Å². The maximum Gasteiger partial charge on any atom is 0.270 e. The first kappa shape index (κ1) is 31.0. The molecule has 0 fully saturated rings. The summed E-state index contributed by atoms with van der Waals surface area (Å²) in [6.07, 6.45) is 2.68. The summed E-state index contributed by atoms with van der Waals surface area (Å²) in [7, 11) is 1.64. The van der Waals surface area contributed by atoms with E-state index in [1.165, 1.54) is 23.1 Å². The molecule has 0 unspecified atom stereocenters. The number of nitro benzene ring substituents is 1. The van der Waals surface area contributed by atoms with Crippen LogP contribution in [0.2, 0.25) is 0 Å². The normalized spacial score (nSPS) is 10.9. The van der Waals surface area contributed by atoms with Crippen molar-refractivity contribution in [3.05, 3.63) is 130 Å². The van der Waals surface area contributed by atoms with Gasteiger partial charge in [-0.2, -0.15) is 0 Å². The lowest BCUT2D eigenvalue weighted by atomic mass is 10.1. The van der Waals surface area contributed by atoms with Crippen LogP contribution in [0.1, 0.15) is 47.4 Å². The number of ether oxygens (including phenoxy) is 1. The van der Waals surface area contributed by atoms with Crippen molar-refractivity contribution in [2.24, 2.45) is 5.92 Å². The van der Waals surface area contributed by atoms with Gasteiger partial charge in [0.25, 0.3) is 11.6 Å². The van der Waals surface area contributed by atoms with Gasteiger partial charge in [0.05, 0.1) is 18.6 Å². The van der Waals surface area contributed by atoms with E-state index in [1.807, 2.05) is 72.9 Å². The van der Waals surface area contributed by atoms with E-state index in [4.69, 9.17) is 4.74 Å². The molecule has 3 aromatic carbocycles. The maximum atomic E-state index is 14.0. The molecule has 9 nitrogen and oxygen atoms in total. The van der Waals surface area contributed by atoms with Crippen LogP contribution in [0.4, 0.5) is 5.69 Å². The average molecular weight is 583 g/mol. The minimum atomic E-state index is -0.525. The molecule has 9 heteroatoms. The molecule has 1 aromatic heterocycles. The molecule has 0 saturated carbocycles. The van der Waals surface area contributed by atoms with E-state index in [0.29, 0.717) is 38.5 Å². The Morgan fingerprint density at radius 3 is 2.35 bits per heavy atom. The molecule has 0 N–H and O–H groups in total. The first-order chi connectivity index (χ1) is 20.7. The Hall–Kier alpha value is -4.92. The zero-order valence-corrected chi connectivity index (χ0v) is 24.9. The maximum absolute atomic E-state index is 14.0. The van der Waals surface area contributed by atoms with Crippen molar-refractivity contribution in [1.29, 1.82) is 0 Å². The zero-order valence-electron chi connectivity index (χ0n) is 24.9. The van der Waals surface area contributed by atoms with E-state index in [0.717, 1.165) is 22.6 Å². The Morgan fingerprint density at radius 2 is 1.63 bits per heavy atom. The third-order valence-corrected chi connectivity index (χ3v) is 7.23. The van der Waals surface area contributed by atoms with Gasteiger partial charge < -0.3 is 19.1 Å². The molecule has 0 aliphatic carbocycles. The second-order valence-electron chi connectivity index (χ2n) is 10.9. The van der Waals surface area contributed by atoms with Crippen LogP contribution in [0.5, 0.6) is 5.75 Å². The van der Waals surface area contributed by atoms with Crippen LogP contribution in [0.25, 0.3) is 0 Å². The lowest BCUT2D eigenvalue weighted by Crippen LogP contribution is -2.43. The van der Waals surface area contributed by atoms with E-state index in [1.54, 1.807) is 18.1 Å². The summed E-state index contributed by atoms with van der Waals surface area (Å²) in [6, 6.07) is 27.2. The summed E-state index contributed by atoms with van der Waals surface area (Å²) >= 11 is 0. The fraction of sp³-hybridized carbons (Fsp3) is 0.294. The van der Waals surface area contributed by atoms with Gasteiger partial charge in [-0.1, -0.05) is 62.4 Å². The fourth-order valence-corrected chi connectivity index (χ4v) is 4.81. The highest BCUT2D eigenvalue weighted by Gasteiger charge is 2.25. The summed E-state index contributed by atoms with van der Waals surface area (Å²) in [5.74, 6) is 0.470. The fourth-order valence-electron chi connectivity index (χ4n) is 4.81. The van der Waals surface area contributed by atoms with Gasteiger partial charge in [0.2, 0.25) is 5.91 Å². The Kier molecular flexibility index (Phi) is 10.7. The van der Waals surface area contributed by atoms with Crippen molar-refractivity contribution in [3.8, 4) is 5.75 Å². The van der Waals surface area contributed by atoms with Crippen molar-refractivity contribution in [1.82, 2.24) is 14.4 Å². The van der Waals surface area contributed by atoms with Crippen LogP contribution in [0.3, 0.4) is 0 Å². The van der Waals surface area contributed by atoms with Gasteiger partial charge in [-0.15, -0.1) is 0 Å². The largest absolute Gasteiger partial charge is 0.497 e. The second-order valence-corrected chi connectivity index (χ2v) is 10.9. The van der Waals surface area contributed by atoms with E-state index >= 15 is 0 Å². The first-order valence-corrected chi connectivity index (χ1v) is 14.4. The number of methoxy groups -OCH3 is 1. The summed E-state index contributed by atoms with van der Waals surface area (Å²) < 4.78 is 7.48. The minimum absolute atomic E-state index is 0.141. The predicted molar refractivity (Wildman–Crippen MR) is 166 cm³/mol. The van der Waals surface area contributed by atoms with Crippen molar-refractivity contribution in [3.63, 3.8) is 0 Å².